The molecule has 1 heterocycles. The third-order valence-electron chi connectivity index (χ3n) is 3.36. The van der Waals surface area contributed by atoms with E-state index in [1.807, 2.05) is 0 Å². The van der Waals surface area contributed by atoms with Crippen molar-refractivity contribution >= 4 is 28.5 Å². The van der Waals surface area contributed by atoms with Gasteiger partial charge in [0.05, 0.1) is 12.5 Å². The van der Waals surface area contributed by atoms with Gasteiger partial charge in [-0.05, 0) is 18.9 Å². The molecule has 2 amide bonds. The van der Waals surface area contributed by atoms with E-state index in [1.54, 1.807) is 0 Å². The Kier molecular flexibility index (Phi) is 3.04. The first-order valence-electron chi connectivity index (χ1n) is 6.42. The van der Waals surface area contributed by atoms with Crippen LogP contribution in [0, 0.1) is 11.7 Å². The molecule has 0 bridgehead atoms. The van der Waals surface area contributed by atoms with Crippen molar-refractivity contribution in [1.82, 2.24) is 0 Å². The molecule has 0 radical (unpaired) electrons. The number of nitrogens with two attached hydrogens (primary N) is 1. The summed E-state index contributed by atoms with van der Waals surface area (Å²) in [6, 6.07) is 2.29. The van der Waals surface area contributed by atoms with Crippen molar-refractivity contribution in [3.8, 4) is 5.75 Å². The van der Waals surface area contributed by atoms with E-state index in [1.165, 1.54) is 7.11 Å². The second kappa shape index (κ2) is 4.76. The van der Waals surface area contributed by atoms with Gasteiger partial charge in [0.15, 0.2) is 11.3 Å². The standard InChI is InChI=1S/C14H13FN2O4/c1-20-9-5-7(15)4-8-10(17-14(19)6-2-3-6)12(13(16)18)21-11(8)9/h4-6H,2-3H2,1H3,(H2,16,18)(H,17,19). The normalized spacial score (nSPS) is 14.2. The van der Waals surface area contributed by atoms with Crippen molar-refractivity contribution < 1.29 is 23.1 Å². The second-order valence-corrected chi connectivity index (χ2v) is 4.92. The van der Waals surface area contributed by atoms with Gasteiger partial charge in [0.2, 0.25) is 11.7 Å². The second-order valence-electron chi connectivity index (χ2n) is 4.92. The Bertz CT molecular complexity index is 749. The molecule has 1 saturated carbocycles. The minimum absolute atomic E-state index is 0.0777. The van der Waals surface area contributed by atoms with Crippen LogP contribution < -0.4 is 15.8 Å². The summed E-state index contributed by atoms with van der Waals surface area (Å²) in [6.07, 6.45) is 1.59. The Morgan fingerprint density at radius 3 is 2.71 bits per heavy atom. The molecule has 2 aromatic rings. The number of carbonyl (C=O) groups excluding carboxylic acids is 2. The molecule has 0 saturated heterocycles. The SMILES string of the molecule is COc1cc(F)cc2c(NC(=O)C3CC3)c(C(N)=O)oc12. The molecule has 1 aromatic heterocycles. The van der Waals surface area contributed by atoms with Crippen molar-refractivity contribution in [3.05, 3.63) is 23.7 Å². The number of primary amides is 1. The highest BCUT2D eigenvalue weighted by Gasteiger charge is 2.32. The van der Waals surface area contributed by atoms with E-state index < -0.39 is 11.7 Å². The van der Waals surface area contributed by atoms with Crippen LogP contribution in [0.25, 0.3) is 11.0 Å². The van der Waals surface area contributed by atoms with Crippen molar-refractivity contribution in [3.63, 3.8) is 0 Å². The molecule has 1 aliphatic rings. The topological polar surface area (TPSA) is 94.6 Å². The highest BCUT2D eigenvalue weighted by Crippen LogP contribution is 2.38. The molecule has 3 rings (SSSR count). The average Bonchev–Trinajstić information content (AvgIpc) is 3.22. The fourth-order valence-corrected chi connectivity index (χ4v) is 2.15. The summed E-state index contributed by atoms with van der Waals surface area (Å²) in [5, 5.41) is 2.84. The number of fused-ring (bicyclic) bond motifs is 1. The smallest absolute Gasteiger partial charge is 0.286 e. The number of rotatable bonds is 4. The van der Waals surface area contributed by atoms with E-state index in [-0.39, 0.29) is 40.0 Å². The van der Waals surface area contributed by atoms with Crippen LogP contribution in [0.4, 0.5) is 10.1 Å². The fraction of sp³-hybridized carbons (Fsp3) is 0.286. The first-order valence-corrected chi connectivity index (χ1v) is 6.42. The predicted octanol–water partition coefficient (Wildman–Crippen LogP) is 2.03. The lowest BCUT2D eigenvalue weighted by atomic mass is 10.2. The molecule has 0 atom stereocenters. The van der Waals surface area contributed by atoms with E-state index in [9.17, 15) is 14.0 Å². The number of ether oxygens (including phenoxy) is 1. The Labute approximate surface area is 119 Å². The van der Waals surface area contributed by atoms with Crippen molar-refractivity contribution in [1.29, 1.82) is 0 Å². The van der Waals surface area contributed by atoms with Gasteiger partial charge in [0.25, 0.3) is 5.91 Å². The lowest BCUT2D eigenvalue weighted by molar-refractivity contribution is -0.117. The zero-order valence-electron chi connectivity index (χ0n) is 11.2. The number of furan rings is 1. The summed E-state index contributed by atoms with van der Waals surface area (Å²) >= 11 is 0. The third kappa shape index (κ3) is 2.31. The Morgan fingerprint density at radius 1 is 1.43 bits per heavy atom. The van der Waals surface area contributed by atoms with E-state index >= 15 is 0 Å². The number of nitrogens with one attached hydrogen (secondary N) is 1. The molecule has 1 fully saturated rings. The van der Waals surface area contributed by atoms with Crippen LogP contribution in [0.15, 0.2) is 16.5 Å². The maximum atomic E-state index is 13.6. The predicted molar refractivity (Wildman–Crippen MR) is 72.6 cm³/mol. The molecule has 0 unspecified atom stereocenters. The summed E-state index contributed by atoms with van der Waals surface area (Å²) in [4.78, 5) is 23.4. The maximum absolute atomic E-state index is 13.6. The van der Waals surface area contributed by atoms with E-state index in [2.05, 4.69) is 5.32 Å². The number of carbonyl (C=O) groups is 2. The van der Waals surface area contributed by atoms with Crippen LogP contribution in [0.1, 0.15) is 23.4 Å². The van der Waals surface area contributed by atoms with Gasteiger partial charge >= 0.3 is 0 Å². The zero-order valence-corrected chi connectivity index (χ0v) is 11.2. The molecule has 0 spiro atoms. The molecule has 1 aromatic carbocycles. The van der Waals surface area contributed by atoms with Gasteiger partial charge in [0, 0.05) is 12.0 Å². The van der Waals surface area contributed by atoms with Crippen LogP contribution in [-0.4, -0.2) is 18.9 Å². The lowest BCUT2D eigenvalue weighted by Gasteiger charge is -2.04. The van der Waals surface area contributed by atoms with Crippen LogP contribution in [0.5, 0.6) is 5.75 Å². The Hall–Kier alpha value is -2.57. The van der Waals surface area contributed by atoms with Gasteiger partial charge in [-0.1, -0.05) is 0 Å². The van der Waals surface area contributed by atoms with Gasteiger partial charge in [-0.3, -0.25) is 9.59 Å². The number of amides is 2. The quantitative estimate of drug-likeness (QED) is 0.901. The van der Waals surface area contributed by atoms with E-state index in [4.69, 9.17) is 14.9 Å². The molecular formula is C14H13FN2O4. The van der Waals surface area contributed by atoms with Crippen molar-refractivity contribution in [2.45, 2.75) is 12.8 Å². The minimum Gasteiger partial charge on any atom is -0.493 e. The van der Waals surface area contributed by atoms with Crippen LogP contribution in [0.3, 0.4) is 0 Å². The van der Waals surface area contributed by atoms with Crippen molar-refractivity contribution in [2.75, 3.05) is 12.4 Å². The summed E-state index contributed by atoms with van der Waals surface area (Å²) in [7, 11) is 1.35. The highest BCUT2D eigenvalue weighted by molar-refractivity contribution is 6.12. The van der Waals surface area contributed by atoms with Gasteiger partial charge in [-0.2, -0.15) is 0 Å². The number of benzene rings is 1. The number of hydrogen-bond donors (Lipinski definition) is 2. The molecular weight excluding hydrogens is 279 g/mol. The van der Waals surface area contributed by atoms with Crippen LogP contribution >= 0.6 is 0 Å². The van der Waals surface area contributed by atoms with Gasteiger partial charge in [-0.25, -0.2) is 4.39 Å². The number of anilines is 1. The number of halogens is 1. The fourth-order valence-electron chi connectivity index (χ4n) is 2.15. The summed E-state index contributed by atoms with van der Waals surface area (Å²) in [5.41, 5.74) is 5.51. The van der Waals surface area contributed by atoms with Crippen LogP contribution in [0.2, 0.25) is 0 Å². The molecule has 1 aliphatic carbocycles. The molecule has 6 nitrogen and oxygen atoms in total. The molecule has 110 valence electrons. The van der Waals surface area contributed by atoms with E-state index in [0.717, 1.165) is 25.0 Å². The highest BCUT2D eigenvalue weighted by atomic mass is 19.1. The Morgan fingerprint density at radius 2 is 2.14 bits per heavy atom. The lowest BCUT2D eigenvalue weighted by Crippen LogP contribution is -2.17. The summed E-state index contributed by atoms with van der Waals surface area (Å²) < 4.78 is 24.0. The zero-order chi connectivity index (χ0) is 15.1. The van der Waals surface area contributed by atoms with Gasteiger partial charge in [0.1, 0.15) is 11.5 Å². The third-order valence-corrected chi connectivity index (χ3v) is 3.36. The first kappa shape index (κ1) is 13.4. The average molecular weight is 292 g/mol. The number of methoxy groups -OCH3 is 1. The monoisotopic (exact) mass is 292 g/mol. The largest absolute Gasteiger partial charge is 0.493 e. The maximum Gasteiger partial charge on any atom is 0.286 e. The molecule has 21 heavy (non-hydrogen) atoms. The van der Waals surface area contributed by atoms with Gasteiger partial charge < -0.3 is 20.2 Å². The molecule has 0 aliphatic heterocycles. The number of hydrogen-bond acceptors (Lipinski definition) is 4. The summed E-state index contributed by atoms with van der Waals surface area (Å²) in [6.45, 7) is 0. The van der Waals surface area contributed by atoms with Crippen molar-refractivity contribution in [2.24, 2.45) is 11.7 Å². The minimum atomic E-state index is -0.847. The van der Waals surface area contributed by atoms with Gasteiger partial charge in [-0.15, -0.1) is 0 Å². The first-order chi connectivity index (χ1) is 10.0. The van der Waals surface area contributed by atoms with E-state index in [0.29, 0.717) is 0 Å². The van der Waals surface area contributed by atoms with Crippen LogP contribution in [-0.2, 0) is 4.79 Å². The molecule has 7 heteroatoms. The molecule has 3 N–H and O–H groups in total. The summed E-state index contributed by atoms with van der Waals surface area (Å²) in [5.74, 6) is -1.82. The Balaban J connectivity index is 2.18.